The van der Waals surface area contributed by atoms with E-state index in [1.165, 1.54) is 12.8 Å². The normalized spacial score (nSPS) is 14.9. The van der Waals surface area contributed by atoms with Crippen LogP contribution in [0.15, 0.2) is 42.6 Å². The number of pyridine rings is 1. The van der Waals surface area contributed by atoms with Crippen LogP contribution in [0.25, 0.3) is 0 Å². The van der Waals surface area contributed by atoms with Gasteiger partial charge in [0.05, 0.1) is 23.1 Å². The van der Waals surface area contributed by atoms with Crippen molar-refractivity contribution in [3.8, 4) is 6.07 Å². The molecule has 2 heterocycles. The Balaban J connectivity index is 1.69. The van der Waals surface area contributed by atoms with Crippen LogP contribution >= 0.6 is 0 Å². The van der Waals surface area contributed by atoms with Gasteiger partial charge in [0.2, 0.25) is 0 Å². The predicted molar refractivity (Wildman–Crippen MR) is 94.0 cm³/mol. The van der Waals surface area contributed by atoms with Gasteiger partial charge in [-0.15, -0.1) is 0 Å². The van der Waals surface area contributed by atoms with E-state index in [2.05, 4.69) is 28.2 Å². The summed E-state index contributed by atoms with van der Waals surface area (Å²) in [4.78, 5) is 18.9. The molecule has 0 bridgehead atoms. The standard InChI is InChI=1S/C19H20N4O/c1-14-8-10-23(11-9-14)16-6-7-18(21-13-16)19(24)22-17-5-3-2-4-15(17)12-20/h2-7,13-14H,8-11H2,1H3,(H,22,24). The first-order valence-electron chi connectivity index (χ1n) is 8.19. The molecule has 5 nitrogen and oxygen atoms in total. The number of rotatable bonds is 3. The number of carbonyl (C=O) groups is 1. The Kier molecular flexibility index (Phi) is 4.76. The molecule has 0 atom stereocenters. The van der Waals surface area contributed by atoms with Crippen molar-refractivity contribution in [3.63, 3.8) is 0 Å². The maximum absolute atomic E-state index is 12.3. The smallest absolute Gasteiger partial charge is 0.274 e. The average Bonchev–Trinajstić information content (AvgIpc) is 2.63. The molecule has 0 saturated carbocycles. The van der Waals surface area contributed by atoms with E-state index in [4.69, 9.17) is 5.26 Å². The fraction of sp³-hybridized carbons (Fsp3) is 0.316. The highest BCUT2D eigenvalue weighted by molar-refractivity contribution is 6.03. The van der Waals surface area contributed by atoms with E-state index in [0.717, 1.165) is 24.7 Å². The second kappa shape index (κ2) is 7.14. The van der Waals surface area contributed by atoms with Gasteiger partial charge >= 0.3 is 0 Å². The molecule has 1 aliphatic heterocycles. The number of nitrogens with zero attached hydrogens (tertiary/aromatic N) is 3. The second-order valence-corrected chi connectivity index (χ2v) is 6.18. The number of hydrogen-bond donors (Lipinski definition) is 1. The fourth-order valence-corrected chi connectivity index (χ4v) is 2.85. The van der Waals surface area contributed by atoms with Crippen LogP contribution in [0.3, 0.4) is 0 Å². The molecule has 24 heavy (non-hydrogen) atoms. The average molecular weight is 320 g/mol. The van der Waals surface area contributed by atoms with Crippen LogP contribution in [0.5, 0.6) is 0 Å². The number of nitrogens with one attached hydrogen (secondary N) is 1. The van der Waals surface area contributed by atoms with Crippen molar-refractivity contribution in [3.05, 3.63) is 53.9 Å². The molecule has 1 saturated heterocycles. The summed E-state index contributed by atoms with van der Waals surface area (Å²) in [5.41, 5.74) is 2.33. The van der Waals surface area contributed by atoms with Crippen LogP contribution in [0.4, 0.5) is 11.4 Å². The van der Waals surface area contributed by atoms with E-state index in [1.807, 2.05) is 6.07 Å². The third-order valence-corrected chi connectivity index (χ3v) is 4.43. The molecule has 1 aromatic heterocycles. The van der Waals surface area contributed by atoms with Gasteiger partial charge in [0.15, 0.2) is 0 Å². The lowest BCUT2D eigenvalue weighted by molar-refractivity contribution is 0.102. The number of hydrogen-bond acceptors (Lipinski definition) is 4. The third kappa shape index (κ3) is 3.54. The third-order valence-electron chi connectivity index (χ3n) is 4.43. The topological polar surface area (TPSA) is 69.0 Å². The van der Waals surface area contributed by atoms with Gasteiger partial charge in [0.1, 0.15) is 11.8 Å². The van der Waals surface area contributed by atoms with Crippen molar-refractivity contribution >= 4 is 17.3 Å². The van der Waals surface area contributed by atoms with Crippen molar-refractivity contribution in [1.29, 1.82) is 5.26 Å². The minimum atomic E-state index is -0.309. The van der Waals surface area contributed by atoms with E-state index in [1.54, 1.807) is 36.5 Å². The van der Waals surface area contributed by atoms with Crippen LogP contribution in [-0.2, 0) is 0 Å². The van der Waals surface area contributed by atoms with Gasteiger partial charge < -0.3 is 10.2 Å². The Bertz CT molecular complexity index is 756. The van der Waals surface area contributed by atoms with Gasteiger partial charge in [-0.1, -0.05) is 19.1 Å². The van der Waals surface area contributed by atoms with Gasteiger partial charge in [0, 0.05) is 13.1 Å². The molecule has 0 aliphatic carbocycles. The Morgan fingerprint density at radius 1 is 1.25 bits per heavy atom. The molecule has 5 heteroatoms. The summed E-state index contributed by atoms with van der Waals surface area (Å²) < 4.78 is 0. The highest BCUT2D eigenvalue weighted by atomic mass is 16.1. The predicted octanol–water partition coefficient (Wildman–Crippen LogP) is 3.44. The zero-order valence-corrected chi connectivity index (χ0v) is 13.7. The van der Waals surface area contributed by atoms with Gasteiger partial charge in [-0.05, 0) is 43.0 Å². The molecular weight excluding hydrogens is 300 g/mol. The van der Waals surface area contributed by atoms with Gasteiger partial charge in [-0.3, -0.25) is 4.79 Å². The van der Waals surface area contributed by atoms with Crippen molar-refractivity contribution < 1.29 is 4.79 Å². The maximum Gasteiger partial charge on any atom is 0.274 e. The molecule has 1 aliphatic rings. The highest BCUT2D eigenvalue weighted by Gasteiger charge is 2.17. The Morgan fingerprint density at radius 3 is 2.67 bits per heavy atom. The number of aromatic nitrogens is 1. The molecule has 3 rings (SSSR count). The molecular formula is C19H20N4O. The Hall–Kier alpha value is -2.87. The van der Waals surface area contributed by atoms with Crippen molar-refractivity contribution in [2.24, 2.45) is 5.92 Å². The summed E-state index contributed by atoms with van der Waals surface area (Å²) >= 11 is 0. The van der Waals surface area contributed by atoms with E-state index in [-0.39, 0.29) is 5.91 Å². The molecule has 0 radical (unpaired) electrons. The van der Waals surface area contributed by atoms with Crippen LogP contribution in [0.2, 0.25) is 0 Å². The number of amides is 1. The molecule has 0 spiro atoms. The first-order valence-corrected chi connectivity index (χ1v) is 8.19. The number of carbonyl (C=O) groups excluding carboxylic acids is 1. The van der Waals surface area contributed by atoms with Gasteiger partial charge in [-0.25, -0.2) is 4.98 Å². The molecule has 1 fully saturated rings. The van der Waals surface area contributed by atoms with E-state index in [9.17, 15) is 4.79 Å². The lowest BCUT2D eigenvalue weighted by Crippen LogP contribution is -2.32. The minimum absolute atomic E-state index is 0.309. The highest BCUT2D eigenvalue weighted by Crippen LogP contribution is 2.22. The van der Waals surface area contributed by atoms with Crippen molar-refractivity contribution in [1.82, 2.24) is 4.98 Å². The summed E-state index contributed by atoms with van der Waals surface area (Å²) in [5.74, 6) is 0.468. The van der Waals surface area contributed by atoms with E-state index < -0.39 is 0 Å². The summed E-state index contributed by atoms with van der Waals surface area (Å²) in [7, 11) is 0. The second-order valence-electron chi connectivity index (χ2n) is 6.18. The quantitative estimate of drug-likeness (QED) is 0.940. The summed E-state index contributed by atoms with van der Waals surface area (Å²) in [6, 6.07) is 12.7. The molecule has 2 aromatic rings. The first kappa shape index (κ1) is 16.0. The number of piperidine rings is 1. The molecule has 1 amide bonds. The fourth-order valence-electron chi connectivity index (χ4n) is 2.85. The Morgan fingerprint density at radius 2 is 2.00 bits per heavy atom. The molecule has 122 valence electrons. The number of anilines is 2. The minimum Gasteiger partial charge on any atom is -0.370 e. The molecule has 1 aromatic carbocycles. The summed E-state index contributed by atoms with van der Waals surface area (Å²) in [6.45, 7) is 4.34. The van der Waals surface area contributed by atoms with Crippen molar-refractivity contribution in [2.75, 3.05) is 23.3 Å². The largest absolute Gasteiger partial charge is 0.370 e. The van der Waals surface area contributed by atoms with Crippen molar-refractivity contribution in [2.45, 2.75) is 19.8 Å². The Labute approximate surface area is 141 Å². The van der Waals surface area contributed by atoms with Crippen LogP contribution in [0.1, 0.15) is 35.8 Å². The first-order chi connectivity index (χ1) is 11.7. The van der Waals surface area contributed by atoms with Crippen LogP contribution in [0, 0.1) is 17.2 Å². The lowest BCUT2D eigenvalue weighted by Gasteiger charge is -2.31. The SMILES string of the molecule is CC1CCN(c2ccc(C(=O)Nc3ccccc3C#N)nc2)CC1. The summed E-state index contributed by atoms with van der Waals surface area (Å²) in [5, 5.41) is 11.8. The van der Waals surface area contributed by atoms with E-state index >= 15 is 0 Å². The van der Waals surface area contributed by atoms with Gasteiger partial charge in [0.25, 0.3) is 5.91 Å². The van der Waals surface area contributed by atoms with Crippen LogP contribution < -0.4 is 10.2 Å². The summed E-state index contributed by atoms with van der Waals surface area (Å²) in [6.07, 6.45) is 4.13. The zero-order valence-electron chi connectivity index (χ0n) is 13.7. The molecule has 1 N–H and O–H groups in total. The number of nitriles is 1. The molecule has 0 unspecified atom stereocenters. The number of para-hydroxylation sites is 1. The van der Waals surface area contributed by atoms with Crippen LogP contribution in [-0.4, -0.2) is 24.0 Å². The van der Waals surface area contributed by atoms with Gasteiger partial charge in [-0.2, -0.15) is 5.26 Å². The zero-order chi connectivity index (χ0) is 16.9. The number of benzene rings is 1. The maximum atomic E-state index is 12.3. The monoisotopic (exact) mass is 320 g/mol. The lowest BCUT2D eigenvalue weighted by atomic mass is 9.99. The van der Waals surface area contributed by atoms with E-state index in [0.29, 0.717) is 16.9 Å².